The van der Waals surface area contributed by atoms with Gasteiger partial charge in [0.15, 0.2) is 5.89 Å². The molecule has 3 heteroatoms. The summed E-state index contributed by atoms with van der Waals surface area (Å²) in [6.45, 7) is 0. The lowest BCUT2D eigenvalue weighted by molar-refractivity contribution is -0.120. The maximum absolute atomic E-state index is 10.9. The van der Waals surface area contributed by atoms with E-state index in [2.05, 4.69) is 4.98 Å². The van der Waals surface area contributed by atoms with Gasteiger partial charge in [0, 0.05) is 18.8 Å². The van der Waals surface area contributed by atoms with Gasteiger partial charge in [0.2, 0.25) is 0 Å². The normalized spacial score (nSPS) is 19.8. The summed E-state index contributed by atoms with van der Waals surface area (Å²) in [5.74, 6) is 1.54. The molecule has 1 aromatic heterocycles. The van der Waals surface area contributed by atoms with Crippen molar-refractivity contribution in [3.8, 4) is 0 Å². The average molecular weight is 165 g/mol. The first-order valence-electron chi connectivity index (χ1n) is 4.27. The first kappa shape index (κ1) is 7.53. The third kappa shape index (κ3) is 1.40. The molecule has 64 valence electrons. The highest BCUT2D eigenvalue weighted by Gasteiger charge is 2.22. The van der Waals surface area contributed by atoms with Gasteiger partial charge in [-0.1, -0.05) is 0 Å². The van der Waals surface area contributed by atoms with Gasteiger partial charge >= 0.3 is 0 Å². The van der Waals surface area contributed by atoms with Gasteiger partial charge in [-0.2, -0.15) is 0 Å². The molecule has 1 saturated carbocycles. The molecule has 12 heavy (non-hydrogen) atoms. The van der Waals surface area contributed by atoms with Gasteiger partial charge in [-0.25, -0.2) is 4.98 Å². The first-order valence-corrected chi connectivity index (χ1v) is 4.27. The van der Waals surface area contributed by atoms with E-state index in [1.165, 1.54) is 0 Å². The highest BCUT2D eigenvalue weighted by Crippen LogP contribution is 2.29. The Morgan fingerprint density at radius 3 is 2.75 bits per heavy atom. The van der Waals surface area contributed by atoms with Crippen LogP contribution in [0.4, 0.5) is 0 Å². The molecule has 0 unspecified atom stereocenters. The number of oxazole rings is 1. The summed E-state index contributed by atoms with van der Waals surface area (Å²) in [6, 6.07) is 0. The zero-order valence-electron chi connectivity index (χ0n) is 6.82. The van der Waals surface area contributed by atoms with Crippen LogP contribution in [0.2, 0.25) is 0 Å². The predicted molar refractivity (Wildman–Crippen MR) is 42.7 cm³/mol. The molecule has 0 spiro atoms. The lowest BCUT2D eigenvalue weighted by Gasteiger charge is -2.17. The molecule has 0 aromatic carbocycles. The van der Waals surface area contributed by atoms with Gasteiger partial charge in [-0.05, 0) is 12.8 Å². The summed E-state index contributed by atoms with van der Waals surface area (Å²) < 4.78 is 5.19. The van der Waals surface area contributed by atoms with Gasteiger partial charge < -0.3 is 4.42 Å². The molecule has 0 amide bonds. The third-order valence-electron chi connectivity index (χ3n) is 2.34. The third-order valence-corrected chi connectivity index (χ3v) is 2.34. The van der Waals surface area contributed by atoms with Crippen LogP contribution < -0.4 is 0 Å². The molecule has 0 N–H and O–H groups in total. The SMILES string of the molecule is O=C1CCC(c2ncco2)CC1. The number of ketones is 1. The molecular formula is C9H11NO2. The molecule has 2 rings (SSSR count). The molecule has 1 aliphatic carbocycles. The van der Waals surface area contributed by atoms with Crippen molar-refractivity contribution in [1.82, 2.24) is 4.98 Å². The van der Waals surface area contributed by atoms with Crippen molar-refractivity contribution in [2.75, 3.05) is 0 Å². The van der Waals surface area contributed by atoms with E-state index in [1.807, 2.05) is 0 Å². The van der Waals surface area contributed by atoms with Gasteiger partial charge in [-0.3, -0.25) is 4.79 Å². The fourth-order valence-electron chi connectivity index (χ4n) is 1.62. The van der Waals surface area contributed by atoms with Crippen LogP contribution in [0.15, 0.2) is 16.9 Å². The number of carbonyl (C=O) groups excluding carboxylic acids is 1. The van der Waals surface area contributed by atoms with E-state index in [-0.39, 0.29) is 0 Å². The minimum absolute atomic E-state index is 0.373. The molecule has 1 aromatic rings. The maximum atomic E-state index is 10.9. The number of nitrogens with zero attached hydrogens (tertiary/aromatic N) is 1. The molecule has 3 nitrogen and oxygen atoms in total. The standard InChI is InChI=1S/C9H11NO2/c11-8-3-1-7(2-4-8)9-10-5-6-12-9/h5-7H,1-4H2. The molecule has 0 atom stereocenters. The van der Waals surface area contributed by atoms with Crippen molar-refractivity contribution in [3.05, 3.63) is 18.4 Å². The van der Waals surface area contributed by atoms with E-state index in [1.54, 1.807) is 12.5 Å². The van der Waals surface area contributed by atoms with Crippen molar-refractivity contribution in [2.24, 2.45) is 0 Å². The number of carbonyl (C=O) groups is 1. The van der Waals surface area contributed by atoms with E-state index in [9.17, 15) is 4.79 Å². The van der Waals surface area contributed by atoms with Crippen LogP contribution >= 0.6 is 0 Å². The summed E-state index contributed by atoms with van der Waals surface area (Å²) >= 11 is 0. The highest BCUT2D eigenvalue weighted by atomic mass is 16.3. The fourth-order valence-corrected chi connectivity index (χ4v) is 1.62. The molecule has 0 aliphatic heterocycles. The lowest BCUT2D eigenvalue weighted by atomic mass is 9.88. The van der Waals surface area contributed by atoms with E-state index in [4.69, 9.17) is 4.42 Å². The Balaban J connectivity index is 2.03. The van der Waals surface area contributed by atoms with Crippen LogP contribution in [0.3, 0.4) is 0 Å². The fraction of sp³-hybridized carbons (Fsp3) is 0.556. The molecule has 0 saturated heterocycles. The Hall–Kier alpha value is -1.12. The van der Waals surface area contributed by atoms with E-state index in [0.29, 0.717) is 24.5 Å². The van der Waals surface area contributed by atoms with Crippen LogP contribution in [0.25, 0.3) is 0 Å². The highest BCUT2D eigenvalue weighted by molar-refractivity contribution is 5.79. The lowest BCUT2D eigenvalue weighted by Crippen LogP contribution is -2.12. The van der Waals surface area contributed by atoms with Crippen LogP contribution in [0, 0.1) is 0 Å². The quantitative estimate of drug-likeness (QED) is 0.638. The van der Waals surface area contributed by atoms with Crippen molar-refractivity contribution in [2.45, 2.75) is 31.6 Å². The molecule has 1 aliphatic rings. The van der Waals surface area contributed by atoms with Crippen molar-refractivity contribution >= 4 is 5.78 Å². The number of Topliss-reactive ketones (excluding diaryl/α,β-unsaturated/α-hetero) is 1. The van der Waals surface area contributed by atoms with E-state index < -0.39 is 0 Å². The summed E-state index contributed by atoms with van der Waals surface area (Å²) in [7, 11) is 0. The van der Waals surface area contributed by atoms with Crippen LogP contribution in [0.1, 0.15) is 37.5 Å². The number of rotatable bonds is 1. The maximum Gasteiger partial charge on any atom is 0.197 e. The van der Waals surface area contributed by atoms with Crippen molar-refractivity contribution in [1.29, 1.82) is 0 Å². The summed E-state index contributed by atoms with van der Waals surface area (Å²) in [4.78, 5) is 15.0. The zero-order chi connectivity index (χ0) is 8.39. The van der Waals surface area contributed by atoms with Gasteiger partial charge in [-0.15, -0.1) is 0 Å². The van der Waals surface area contributed by atoms with E-state index in [0.717, 1.165) is 18.7 Å². The Labute approximate surface area is 70.8 Å². The number of aromatic nitrogens is 1. The largest absolute Gasteiger partial charge is 0.449 e. The molecule has 1 fully saturated rings. The second-order valence-electron chi connectivity index (χ2n) is 3.18. The molecule has 0 radical (unpaired) electrons. The summed E-state index contributed by atoms with van der Waals surface area (Å²) in [5, 5.41) is 0. The minimum Gasteiger partial charge on any atom is -0.449 e. The Morgan fingerprint density at radius 2 is 2.17 bits per heavy atom. The topological polar surface area (TPSA) is 43.1 Å². The molecular weight excluding hydrogens is 154 g/mol. The van der Waals surface area contributed by atoms with Crippen LogP contribution in [-0.2, 0) is 4.79 Å². The van der Waals surface area contributed by atoms with E-state index >= 15 is 0 Å². The second-order valence-corrected chi connectivity index (χ2v) is 3.18. The average Bonchev–Trinajstić information content (AvgIpc) is 2.58. The van der Waals surface area contributed by atoms with Gasteiger partial charge in [0.1, 0.15) is 12.0 Å². The zero-order valence-corrected chi connectivity index (χ0v) is 6.82. The van der Waals surface area contributed by atoms with Crippen molar-refractivity contribution in [3.63, 3.8) is 0 Å². The number of hydrogen-bond donors (Lipinski definition) is 0. The van der Waals surface area contributed by atoms with Crippen LogP contribution in [0.5, 0.6) is 0 Å². The van der Waals surface area contributed by atoms with Gasteiger partial charge in [0.05, 0.1) is 6.20 Å². The smallest absolute Gasteiger partial charge is 0.197 e. The van der Waals surface area contributed by atoms with Gasteiger partial charge in [0.25, 0.3) is 0 Å². The predicted octanol–water partition coefficient (Wildman–Crippen LogP) is 1.90. The Bertz CT molecular complexity index is 256. The monoisotopic (exact) mass is 165 g/mol. The van der Waals surface area contributed by atoms with Crippen molar-refractivity contribution < 1.29 is 9.21 Å². The Morgan fingerprint density at radius 1 is 1.42 bits per heavy atom. The minimum atomic E-state index is 0.373. The number of hydrogen-bond acceptors (Lipinski definition) is 3. The first-order chi connectivity index (χ1) is 5.86. The molecule has 1 heterocycles. The summed E-state index contributed by atoms with van der Waals surface area (Å²) in [6.07, 6.45) is 6.43. The summed E-state index contributed by atoms with van der Waals surface area (Å²) in [5.41, 5.74) is 0. The van der Waals surface area contributed by atoms with Crippen LogP contribution in [-0.4, -0.2) is 10.8 Å². The second kappa shape index (κ2) is 3.09. The Kier molecular flexibility index (Phi) is 1.94. The molecule has 0 bridgehead atoms.